The highest BCUT2D eigenvalue weighted by molar-refractivity contribution is 5.22. The van der Waals surface area contributed by atoms with Crippen LogP contribution in [0, 0.1) is 0 Å². The van der Waals surface area contributed by atoms with Crippen molar-refractivity contribution >= 4 is 0 Å². The van der Waals surface area contributed by atoms with Gasteiger partial charge in [-0.05, 0) is 31.5 Å². The van der Waals surface area contributed by atoms with Crippen molar-refractivity contribution in [2.45, 2.75) is 38.8 Å². The zero-order valence-electron chi connectivity index (χ0n) is 11.2. The minimum absolute atomic E-state index is 0.206. The van der Waals surface area contributed by atoms with Crippen molar-refractivity contribution in [3.63, 3.8) is 0 Å². The Hall–Kier alpha value is -1.13. The number of nitrogens with zero attached hydrogens (tertiary/aromatic N) is 1. The zero-order valence-corrected chi connectivity index (χ0v) is 11.2. The van der Waals surface area contributed by atoms with Gasteiger partial charge in [-0.15, -0.1) is 0 Å². The van der Waals surface area contributed by atoms with Crippen molar-refractivity contribution in [1.82, 2.24) is 10.3 Å². The van der Waals surface area contributed by atoms with Crippen molar-refractivity contribution < 1.29 is 9.47 Å². The van der Waals surface area contributed by atoms with E-state index >= 15 is 0 Å². The summed E-state index contributed by atoms with van der Waals surface area (Å²) >= 11 is 0. The molecule has 4 heteroatoms. The topological polar surface area (TPSA) is 43.4 Å². The molecule has 1 aromatic heterocycles. The number of pyridine rings is 1. The lowest BCUT2D eigenvalue weighted by Crippen LogP contribution is -2.38. The summed E-state index contributed by atoms with van der Waals surface area (Å²) in [5, 5.41) is 3.49. The van der Waals surface area contributed by atoms with Gasteiger partial charge in [0.15, 0.2) is 0 Å². The summed E-state index contributed by atoms with van der Waals surface area (Å²) in [5.41, 5.74) is 1.09. The van der Waals surface area contributed by atoms with Gasteiger partial charge >= 0.3 is 0 Å². The zero-order chi connectivity index (χ0) is 12.8. The summed E-state index contributed by atoms with van der Waals surface area (Å²) in [6.45, 7) is 6.75. The number of aromatic nitrogens is 1. The standard InChI is InChI=1S/C14H22N2O2/c1-3-7-15-13(4-2)14-6-5-11(8-16-14)18-12-9-17-10-12/h5-6,8,12-13,15H,3-4,7,9-10H2,1-2H3. The van der Waals surface area contributed by atoms with Gasteiger partial charge in [-0.2, -0.15) is 0 Å². The quantitative estimate of drug-likeness (QED) is 0.806. The molecule has 18 heavy (non-hydrogen) atoms. The van der Waals surface area contributed by atoms with Gasteiger partial charge in [-0.25, -0.2) is 0 Å². The SMILES string of the molecule is CCCNC(CC)c1ccc(OC2COC2)cn1. The first-order chi connectivity index (χ1) is 8.83. The van der Waals surface area contributed by atoms with Crippen LogP contribution in [0.4, 0.5) is 0 Å². The Morgan fingerprint density at radius 2 is 2.28 bits per heavy atom. The molecule has 4 nitrogen and oxygen atoms in total. The fourth-order valence-corrected chi connectivity index (χ4v) is 1.92. The van der Waals surface area contributed by atoms with E-state index in [1.807, 2.05) is 18.3 Å². The summed E-state index contributed by atoms with van der Waals surface area (Å²) in [6.07, 6.45) is 4.20. The highest BCUT2D eigenvalue weighted by Gasteiger charge is 2.20. The second-order valence-corrected chi connectivity index (χ2v) is 4.61. The third kappa shape index (κ3) is 3.43. The smallest absolute Gasteiger partial charge is 0.145 e. The Kier molecular flexibility index (Phi) is 4.96. The fourth-order valence-electron chi connectivity index (χ4n) is 1.92. The number of ether oxygens (including phenoxy) is 2. The van der Waals surface area contributed by atoms with Crippen LogP contribution in [0.1, 0.15) is 38.4 Å². The summed E-state index contributed by atoms with van der Waals surface area (Å²) in [4.78, 5) is 4.49. The molecule has 1 unspecified atom stereocenters. The molecule has 1 aliphatic rings. The van der Waals surface area contributed by atoms with E-state index in [0.29, 0.717) is 19.3 Å². The van der Waals surface area contributed by atoms with Crippen molar-refractivity contribution in [1.29, 1.82) is 0 Å². The minimum Gasteiger partial charge on any atom is -0.484 e. The summed E-state index contributed by atoms with van der Waals surface area (Å²) in [6, 6.07) is 4.38. The van der Waals surface area contributed by atoms with Crippen LogP contribution in [0.2, 0.25) is 0 Å². The van der Waals surface area contributed by atoms with E-state index in [2.05, 4.69) is 24.1 Å². The monoisotopic (exact) mass is 250 g/mol. The van der Waals surface area contributed by atoms with Gasteiger partial charge in [0.1, 0.15) is 11.9 Å². The first-order valence-electron chi connectivity index (χ1n) is 6.77. The maximum absolute atomic E-state index is 5.69. The average Bonchev–Trinajstić information content (AvgIpc) is 2.36. The third-order valence-electron chi connectivity index (χ3n) is 3.08. The van der Waals surface area contributed by atoms with Gasteiger partial charge in [0, 0.05) is 6.04 Å². The molecule has 0 spiro atoms. The van der Waals surface area contributed by atoms with E-state index in [9.17, 15) is 0 Å². The fraction of sp³-hybridized carbons (Fsp3) is 0.643. The van der Waals surface area contributed by atoms with Crippen LogP contribution in [0.5, 0.6) is 5.75 Å². The Morgan fingerprint density at radius 3 is 2.78 bits per heavy atom. The van der Waals surface area contributed by atoms with Gasteiger partial charge in [-0.1, -0.05) is 13.8 Å². The summed E-state index contributed by atoms with van der Waals surface area (Å²) in [5.74, 6) is 0.831. The van der Waals surface area contributed by atoms with Crippen LogP contribution in [0.25, 0.3) is 0 Å². The van der Waals surface area contributed by atoms with Gasteiger partial charge in [0.25, 0.3) is 0 Å². The number of nitrogens with one attached hydrogen (secondary N) is 1. The molecule has 1 fully saturated rings. The summed E-state index contributed by atoms with van der Waals surface area (Å²) < 4.78 is 10.8. The van der Waals surface area contributed by atoms with Crippen LogP contribution < -0.4 is 10.1 Å². The summed E-state index contributed by atoms with van der Waals surface area (Å²) in [7, 11) is 0. The Balaban J connectivity index is 1.91. The van der Waals surface area contributed by atoms with E-state index < -0.39 is 0 Å². The van der Waals surface area contributed by atoms with E-state index in [4.69, 9.17) is 9.47 Å². The lowest BCUT2D eigenvalue weighted by atomic mass is 10.1. The van der Waals surface area contributed by atoms with Gasteiger partial charge in [0.2, 0.25) is 0 Å². The highest BCUT2D eigenvalue weighted by atomic mass is 16.6. The van der Waals surface area contributed by atoms with Crippen molar-refractivity contribution in [2.75, 3.05) is 19.8 Å². The highest BCUT2D eigenvalue weighted by Crippen LogP contribution is 2.19. The van der Waals surface area contributed by atoms with Gasteiger partial charge < -0.3 is 14.8 Å². The van der Waals surface area contributed by atoms with E-state index in [1.54, 1.807) is 0 Å². The lowest BCUT2D eigenvalue weighted by Gasteiger charge is -2.26. The Bertz CT molecular complexity index is 349. The third-order valence-corrected chi connectivity index (χ3v) is 3.08. The molecule has 100 valence electrons. The maximum atomic E-state index is 5.69. The van der Waals surface area contributed by atoms with Crippen LogP contribution >= 0.6 is 0 Å². The lowest BCUT2D eigenvalue weighted by molar-refractivity contribution is -0.0798. The predicted octanol–water partition coefficient (Wildman–Crippen LogP) is 2.31. The van der Waals surface area contributed by atoms with Crippen LogP contribution in [-0.4, -0.2) is 30.8 Å². The number of hydrogen-bond acceptors (Lipinski definition) is 4. The van der Waals surface area contributed by atoms with Gasteiger partial charge in [0.05, 0.1) is 25.1 Å². The van der Waals surface area contributed by atoms with Gasteiger partial charge in [-0.3, -0.25) is 4.98 Å². The van der Waals surface area contributed by atoms with Crippen LogP contribution in [0.15, 0.2) is 18.3 Å². The van der Waals surface area contributed by atoms with Crippen LogP contribution in [-0.2, 0) is 4.74 Å². The second-order valence-electron chi connectivity index (χ2n) is 4.61. The molecule has 1 aliphatic heterocycles. The van der Waals surface area contributed by atoms with E-state index in [1.165, 1.54) is 0 Å². The molecule has 1 saturated heterocycles. The molecule has 0 amide bonds. The molecule has 0 saturated carbocycles. The molecule has 2 rings (SSSR count). The first kappa shape index (κ1) is 13.3. The Labute approximate surface area is 109 Å². The van der Waals surface area contributed by atoms with E-state index in [-0.39, 0.29) is 6.10 Å². The minimum atomic E-state index is 0.206. The molecule has 0 radical (unpaired) electrons. The number of hydrogen-bond donors (Lipinski definition) is 1. The molecular weight excluding hydrogens is 228 g/mol. The largest absolute Gasteiger partial charge is 0.484 e. The molecule has 0 bridgehead atoms. The predicted molar refractivity (Wildman–Crippen MR) is 70.8 cm³/mol. The van der Waals surface area contributed by atoms with Crippen molar-refractivity contribution in [3.05, 3.63) is 24.0 Å². The maximum Gasteiger partial charge on any atom is 0.145 e. The molecule has 0 aromatic carbocycles. The van der Waals surface area contributed by atoms with E-state index in [0.717, 1.165) is 30.8 Å². The van der Waals surface area contributed by atoms with Crippen LogP contribution in [0.3, 0.4) is 0 Å². The molecule has 1 atom stereocenters. The Morgan fingerprint density at radius 1 is 1.44 bits per heavy atom. The second kappa shape index (κ2) is 6.71. The first-order valence-corrected chi connectivity index (χ1v) is 6.77. The normalized spacial score (nSPS) is 17.2. The van der Waals surface area contributed by atoms with Crippen molar-refractivity contribution in [3.8, 4) is 5.75 Å². The molecule has 2 heterocycles. The molecule has 0 aliphatic carbocycles. The molecule has 1 N–H and O–H groups in total. The molecule has 1 aromatic rings. The molecular formula is C14H22N2O2. The average molecular weight is 250 g/mol. The van der Waals surface area contributed by atoms with Crippen molar-refractivity contribution in [2.24, 2.45) is 0 Å². The number of rotatable bonds is 7.